The highest BCUT2D eigenvalue weighted by Gasteiger charge is 2.08. The van der Waals surface area contributed by atoms with Gasteiger partial charge in [0, 0.05) is 12.2 Å². The summed E-state index contributed by atoms with van der Waals surface area (Å²) < 4.78 is 0. The molecule has 1 aromatic rings. The van der Waals surface area contributed by atoms with Crippen LogP contribution in [0.3, 0.4) is 0 Å². The van der Waals surface area contributed by atoms with Crippen LogP contribution in [0.4, 0.5) is 10.5 Å². The zero-order valence-electron chi connectivity index (χ0n) is 12.3. The number of anilines is 1. The van der Waals surface area contributed by atoms with Crippen LogP contribution in [0.5, 0.6) is 0 Å². The van der Waals surface area contributed by atoms with E-state index in [-0.39, 0.29) is 12.5 Å². The monoisotopic (exact) mass is 277 g/mol. The van der Waals surface area contributed by atoms with Gasteiger partial charge < -0.3 is 10.6 Å². The third-order valence-electron chi connectivity index (χ3n) is 2.76. The Kier molecular flexibility index (Phi) is 6.56. The maximum atomic E-state index is 11.6. The van der Waals surface area contributed by atoms with Crippen molar-refractivity contribution in [2.24, 2.45) is 5.92 Å². The molecule has 20 heavy (non-hydrogen) atoms. The summed E-state index contributed by atoms with van der Waals surface area (Å²) in [5, 5.41) is 7.97. The van der Waals surface area contributed by atoms with Crippen LogP contribution in [0.2, 0.25) is 0 Å². The molecule has 0 aliphatic carbocycles. The van der Waals surface area contributed by atoms with Crippen molar-refractivity contribution in [3.63, 3.8) is 0 Å². The first kappa shape index (κ1) is 16.0. The van der Waals surface area contributed by atoms with E-state index in [0.717, 1.165) is 17.7 Å². The summed E-state index contributed by atoms with van der Waals surface area (Å²) in [6.07, 6.45) is 0.889. The minimum absolute atomic E-state index is 0.0755. The number of aryl methyl sites for hydroxylation is 1. The van der Waals surface area contributed by atoms with Crippen LogP contribution in [-0.2, 0) is 11.2 Å². The molecule has 1 rings (SSSR count). The average Bonchev–Trinajstić information content (AvgIpc) is 2.43. The number of carbonyl (C=O) groups excluding carboxylic acids is 2. The number of para-hydroxylation sites is 1. The summed E-state index contributed by atoms with van der Waals surface area (Å²) in [5.74, 6) is 0.00238. The van der Waals surface area contributed by atoms with Crippen LogP contribution in [0.1, 0.15) is 26.3 Å². The second-order valence-electron chi connectivity index (χ2n) is 5.02. The molecule has 0 fully saturated rings. The van der Waals surface area contributed by atoms with E-state index in [1.165, 1.54) is 0 Å². The van der Waals surface area contributed by atoms with Gasteiger partial charge in [0.15, 0.2) is 0 Å². The standard InChI is InChI=1S/C15H23N3O2/c1-4-12-7-5-6-8-13(12)16-10-14(19)18-15(20)17-9-11(2)3/h5-8,11,16H,4,9-10H2,1-3H3,(H2,17,18,19,20). The predicted octanol–water partition coefficient (Wildman–Crippen LogP) is 2.14. The van der Waals surface area contributed by atoms with Gasteiger partial charge in [-0.05, 0) is 24.0 Å². The Morgan fingerprint density at radius 1 is 1.20 bits per heavy atom. The van der Waals surface area contributed by atoms with E-state index in [1.807, 2.05) is 38.1 Å². The summed E-state index contributed by atoms with van der Waals surface area (Å²) >= 11 is 0. The van der Waals surface area contributed by atoms with E-state index >= 15 is 0 Å². The van der Waals surface area contributed by atoms with Crippen molar-refractivity contribution in [1.82, 2.24) is 10.6 Å². The Bertz CT molecular complexity index is 458. The topological polar surface area (TPSA) is 70.2 Å². The molecule has 0 spiro atoms. The van der Waals surface area contributed by atoms with Crippen molar-refractivity contribution in [3.05, 3.63) is 29.8 Å². The van der Waals surface area contributed by atoms with E-state index in [4.69, 9.17) is 0 Å². The van der Waals surface area contributed by atoms with Crippen molar-refractivity contribution >= 4 is 17.6 Å². The van der Waals surface area contributed by atoms with Gasteiger partial charge in [0.05, 0.1) is 6.54 Å². The highest BCUT2D eigenvalue weighted by Crippen LogP contribution is 2.14. The molecule has 0 bridgehead atoms. The zero-order valence-corrected chi connectivity index (χ0v) is 12.3. The average molecular weight is 277 g/mol. The molecule has 0 saturated heterocycles. The van der Waals surface area contributed by atoms with Crippen molar-refractivity contribution < 1.29 is 9.59 Å². The highest BCUT2D eigenvalue weighted by atomic mass is 16.2. The van der Waals surface area contributed by atoms with Crippen LogP contribution in [0, 0.1) is 5.92 Å². The van der Waals surface area contributed by atoms with Crippen molar-refractivity contribution in [3.8, 4) is 0 Å². The first-order valence-electron chi connectivity index (χ1n) is 6.92. The quantitative estimate of drug-likeness (QED) is 0.746. The molecule has 0 aliphatic rings. The third kappa shape index (κ3) is 5.73. The second kappa shape index (κ2) is 8.19. The fourth-order valence-corrected chi connectivity index (χ4v) is 1.69. The maximum Gasteiger partial charge on any atom is 0.321 e. The lowest BCUT2D eigenvalue weighted by Gasteiger charge is -2.11. The molecule has 3 N–H and O–H groups in total. The molecule has 0 atom stereocenters. The first-order valence-corrected chi connectivity index (χ1v) is 6.92. The number of urea groups is 1. The number of rotatable bonds is 6. The van der Waals surface area contributed by atoms with Crippen LogP contribution in [0.15, 0.2) is 24.3 Å². The van der Waals surface area contributed by atoms with Crippen LogP contribution < -0.4 is 16.0 Å². The van der Waals surface area contributed by atoms with Gasteiger partial charge in [-0.3, -0.25) is 10.1 Å². The third-order valence-corrected chi connectivity index (χ3v) is 2.76. The fraction of sp³-hybridized carbons (Fsp3) is 0.467. The molecule has 0 radical (unpaired) electrons. The minimum atomic E-state index is -0.450. The molecule has 1 aromatic carbocycles. The largest absolute Gasteiger partial charge is 0.376 e. The lowest BCUT2D eigenvalue weighted by atomic mass is 10.1. The highest BCUT2D eigenvalue weighted by molar-refractivity contribution is 5.96. The van der Waals surface area contributed by atoms with Gasteiger partial charge in [0.2, 0.25) is 5.91 Å². The lowest BCUT2D eigenvalue weighted by Crippen LogP contribution is -2.43. The molecule has 3 amide bonds. The number of hydrogen-bond donors (Lipinski definition) is 3. The molecule has 0 unspecified atom stereocenters. The number of carbonyl (C=O) groups is 2. The molecule has 0 aromatic heterocycles. The summed E-state index contributed by atoms with van der Waals surface area (Å²) in [4.78, 5) is 23.1. The van der Waals surface area contributed by atoms with E-state index < -0.39 is 6.03 Å². The van der Waals surface area contributed by atoms with Gasteiger partial charge in [0.25, 0.3) is 0 Å². The van der Waals surface area contributed by atoms with Crippen molar-refractivity contribution in [2.45, 2.75) is 27.2 Å². The molecular formula is C15H23N3O2. The van der Waals surface area contributed by atoms with E-state index in [9.17, 15) is 9.59 Å². The maximum absolute atomic E-state index is 11.6. The van der Waals surface area contributed by atoms with Gasteiger partial charge in [-0.15, -0.1) is 0 Å². The van der Waals surface area contributed by atoms with Gasteiger partial charge in [0.1, 0.15) is 0 Å². The SMILES string of the molecule is CCc1ccccc1NCC(=O)NC(=O)NCC(C)C. The Balaban J connectivity index is 2.38. The van der Waals surface area contributed by atoms with Crippen molar-refractivity contribution in [1.29, 1.82) is 0 Å². The predicted molar refractivity (Wildman–Crippen MR) is 80.7 cm³/mol. The fourth-order valence-electron chi connectivity index (χ4n) is 1.69. The summed E-state index contributed by atoms with van der Waals surface area (Å²) in [6, 6.07) is 7.35. The second-order valence-corrected chi connectivity index (χ2v) is 5.02. The van der Waals surface area contributed by atoms with Crippen molar-refractivity contribution in [2.75, 3.05) is 18.4 Å². The Labute approximate surface area is 120 Å². The molecule has 110 valence electrons. The van der Waals surface area contributed by atoms with Gasteiger partial charge >= 0.3 is 6.03 Å². The normalized spacial score (nSPS) is 10.2. The Hall–Kier alpha value is -2.04. The molecule has 0 aliphatic heterocycles. The zero-order chi connectivity index (χ0) is 15.0. The number of amides is 3. The Morgan fingerprint density at radius 2 is 1.90 bits per heavy atom. The smallest absolute Gasteiger partial charge is 0.321 e. The van der Waals surface area contributed by atoms with E-state index in [0.29, 0.717) is 12.5 Å². The summed E-state index contributed by atoms with van der Waals surface area (Å²) in [7, 11) is 0. The number of nitrogens with one attached hydrogen (secondary N) is 3. The van der Waals surface area contributed by atoms with Crippen LogP contribution in [-0.4, -0.2) is 25.0 Å². The number of imide groups is 1. The molecule has 5 nitrogen and oxygen atoms in total. The number of benzene rings is 1. The number of hydrogen-bond acceptors (Lipinski definition) is 3. The van der Waals surface area contributed by atoms with Crippen LogP contribution >= 0.6 is 0 Å². The van der Waals surface area contributed by atoms with E-state index in [1.54, 1.807) is 0 Å². The molecule has 0 saturated carbocycles. The Morgan fingerprint density at radius 3 is 2.55 bits per heavy atom. The van der Waals surface area contributed by atoms with Gasteiger partial charge in [-0.25, -0.2) is 4.79 Å². The first-order chi connectivity index (χ1) is 9.52. The van der Waals surface area contributed by atoms with E-state index in [2.05, 4.69) is 22.9 Å². The lowest BCUT2D eigenvalue weighted by molar-refractivity contribution is -0.118. The summed E-state index contributed by atoms with van der Waals surface area (Å²) in [5.41, 5.74) is 2.07. The van der Waals surface area contributed by atoms with Crippen LogP contribution in [0.25, 0.3) is 0 Å². The molecular weight excluding hydrogens is 254 g/mol. The van der Waals surface area contributed by atoms with Gasteiger partial charge in [-0.1, -0.05) is 39.0 Å². The molecule has 5 heteroatoms. The van der Waals surface area contributed by atoms with Gasteiger partial charge in [-0.2, -0.15) is 0 Å². The summed E-state index contributed by atoms with van der Waals surface area (Å²) in [6.45, 7) is 6.66. The minimum Gasteiger partial charge on any atom is -0.376 e. The molecule has 0 heterocycles.